The largest absolute Gasteiger partial charge is 0.268 e. The fourth-order valence-electron chi connectivity index (χ4n) is 1.80. The van der Waals surface area contributed by atoms with E-state index in [9.17, 15) is 4.79 Å². The lowest BCUT2D eigenvalue weighted by Crippen LogP contribution is -2.12. The number of hydrogen-bond acceptors (Lipinski definition) is 3. The molecule has 0 aliphatic rings. The van der Waals surface area contributed by atoms with Gasteiger partial charge in [0.25, 0.3) is 5.56 Å². The molecule has 1 aromatic carbocycles. The molecular formula is C13H10ClN3OS. The van der Waals surface area contributed by atoms with Gasteiger partial charge in [-0.2, -0.15) is 5.10 Å². The van der Waals surface area contributed by atoms with Gasteiger partial charge < -0.3 is 0 Å². The first-order valence-electron chi connectivity index (χ1n) is 5.68. The molecule has 3 rings (SSSR count). The van der Waals surface area contributed by atoms with E-state index in [4.69, 9.17) is 11.6 Å². The fourth-order valence-corrected chi connectivity index (χ4v) is 2.86. The minimum absolute atomic E-state index is 0.0637. The van der Waals surface area contributed by atoms with E-state index in [-0.39, 0.29) is 5.56 Å². The van der Waals surface area contributed by atoms with Crippen molar-refractivity contribution in [3.63, 3.8) is 0 Å². The van der Waals surface area contributed by atoms with Gasteiger partial charge in [0.1, 0.15) is 4.34 Å². The number of halogens is 1. The molecule has 0 amide bonds. The average molecular weight is 292 g/mol. The highest BCUT2D eigenvalue weighted by Crippen LogP contribution is 2.15. The molecule has 0 bridgehead atoms. The predicted octanol–water partition coefficient (Wildman–Crippen LogP) is 2.80. The SMILES string of the molecule is O=c1cc(Cl)sn1Cc1ccc(-n2cccn2)cc1. The van der Waals surface area contributed by atoms with E-state index >= 15 is 0 Å². The summed E-state index contributed by atoms with van der Waals surface area (Å²) in [6.45, 7) is 0.537. The van der Waals surface area contributed by atoms with Gasteiger partial charge >= 0.3 is 0 Å². The molecule has 0 spiro atoms. The molecule has 3 aromatic rings. The maximum absolute atomic E-state index is 11.6. The lowest BCUT2D eigenvalue weighted by molar-refractivity contribution is 0.843. The third-order valence-electron chi connectivity index (χ3n) is 2.71. The zero-order chi connectivity index (χ0) is 13.2. The van der Waals surface area contributed by atoms with Crippen LogP contribution in [0.15, 0.2) is 53.6 Å². The molecule has 2 heterocycles. The van der Waals surface area contributed by atoms with Crippen LogP contribution in [0, 0.1) is 0 Å². The molecule has 0 radical (unpaired) electrons. The molecule has 96 valence electrons. The Hall–Kier alpha value is -1.85. The molecule has 2 aromatic heterocycles. The van der Waals surface area contributed by atoms with Crippen molar-refractivity contribution in [2.45, 2.75) is 6.54 Å². The Morgan fingerprint density at radius 3 is 2.63 bits per heavy atom. The van der Waals surface area contributed by atoms with E-state index in [1.54, 1.807) is 14.8 Å². The summed E-state index contributed by atoms with van der Waals surface area (Å²) in [5, 5.41) is 4.16. The number of benzene rings is 1. The molecule has 0 N–H and O–H groups in total. The minimum Gasteiger partial charge on any atom is -0.268 e. The zero-order valence-electron chi connectivity index (χ0n) is 9.86. The first kappa shape index (κ1) is 12.2. The summed E-state index contributed by atoms with van der Waals surface area (Å²) in [5.41, 5.74) is 1.98. The van der Waals surface area contributed by atoms with Crippen molar-refractivity contribution >= 4 is 23.1 Å². The smallest absolute Gasteiger partial charge is 0.262 e. The summed E-state index contributed by atoms with van der Waals surface area (Å²) in [5.74, 6) is 0. The van der Waals surface area contributed by atoms with Crippen molar-refractivity contribution in [3.8, 4) is 5.69 Å². The molecule has 0 unspecified atom stereocenters. The third kappa shape index (κ3) is 2.62. The zero-order valence-corrected chi connectivity index (χ0v) is 11.4. The standard InChI is InChI=1S/C13H10ClN3OS/c14-12-8-13(18)17(19-12)9-10-2-4-11(5-3-10)16-7-1-6-15-16/h1-8H,9H2. The number of aromatic nitrogens is 3. The van der Waals surface area contributed by atoms with Crippen LogP contribution in [0.25, 0.3) is 5.69 Å². The van der Waals surface area contributed by atoms with Crippen LogP contribution in [0.5, 0.6) is 0 Å². The van der Waals surface area contributed by atoms with Crippen molar-refractivity contribution < 1.29 is 0 Å². The second kappa shape index (κ2) is 5.03. The van der Waals surface area contributed by atoms with Crippen molar-refractivity contribution in [3.05, 3.63) is 69.0 Å². The number of hydrogen-bond donors (Lipinski definition) is 0. The van der Waals surface area contributed by atoms with E-state index in [0.29, 0.717) is 10.9 Å². The van der Waals surface area contributed by atoms with Crippen LogP contribution < -0.4 is 5.56 Å². The summed E-state index contributed by atoms with van der Waals surface area (Å²) >= 11 is 7.07. The van der Waals surface area contributed by atoms with E-state index in [1.807, 2.05) is 36.5 Å². The Morgan fingerprint density at radius 2 is 2.05 bits per heavy atom. The van der Waals surface area contributed by atoms with E-state index < -0.39 is 0 Å². The van der Waals surface area contributed by atoms with Gasteiger partial charge in [-0.25, -0.2) is 4.68 Å². The van der Waals surface area contributed by atoms with Gasteiger partial charge in [0.05, 0.1) is 12.2 Å². The highest BCUT2D eigenvalue weighted by Gasteiger charge is 2.03. The van der Waals surface area contributed by atoms with Gasteiger partial charge in [-0.1, -0.05) is 23.7 Å². The van der Waals surface area contributed by atoms with Crippen LogP contribution in [0.1, 0.15) is 5.56 Å². The number of rotatable bonds is 3. The maximum Gasteiger partial charge on any atom is 0.262 e. The monoisotopic (exact) mass is 291 g/mol. The Bertz CT molecular complexity index is 728. The Kier molecular flexibility index (Phi) is 3.23. The maximum atomic E-state index is 11.6. The topological polar surface area (TPSA) is 39.8 Å². The van der Waals surface area contributed by atoms with Crippen LogP contribution in [-0.2, 0) is 6.54 Å². The second-order valence-electron chi connectivity index (χ2n) is 4.03. The molecule has 0 fully saturated rings. The van der Waals surface area contributed by atoms with Gasteiger partial charge in [0, 0.05) is 18.5 Å². The summed E-state index contributed by atoms with van der Waals surface area (Å²) in [7, 11) is 0. The van der Waals surface area contributed by atoms with Crippen molar-refractivity contribution in [1.29, 1.82) is 0 Å². The Morgan fingerprint density at radius 1 is 1.26 bits per heavy atom. The molecule has 0 atom stereocenters. The fraction of sp³-hybridized carbons (Fsp3) is 0.0769. The number of nitrogens with zero attached hydrogens (tertiary/aromatic N) is 3. The van der Waals surface area contributed by atoms with Gasteiger partial charge in [-0.15, -0.1) is 0 Å². The molecule has 4 nitrogen and oxygen atoms in total. The predicted molar refractivity (Wildman–Crippen MR) is 76.3 cm³/mol. The van der Waals surface area contributed by atoms with Gasteiger partial charge in [0.2, 0.25) is 0 Å². The van der Waals surface area contributed by atoms with Crippen LogP contribution >= 0.6 is 23.1 Å². The average Bonchev–Trinajstić information content (AvgIpc) is 3.01. The third-order valence-corrected chi connectivity index (χ3v) is 3.85. The molecule has 19 heavy (non-hydrogen) atoms. The van der Waals surface area contributed by atoms with Crippen molar-refractivity contribution in [2.75, 3.05) is 0 Å². The van der Waals surface area contributed by atoms with Crippen LogP contribution in [0.4, 0.5) is 0 Å². The molecule has 0 saturated carbocycles. The van der Waals surface area contributed by atoms with Gasteiger partial charge in [-0.3, -0.25) is 8.75 Å². The van der Waals surface area contributed by atoms with Crippen LogP contribution in [0.3, 0.4) is 0 Å². The highest BCUT2D eigenvalue weighted by molar-refractivity contribution is 7.11. The summed E-state index contributed by atoms with van der Waals surface area (Å²) in [6.07, 6.45) is 3.62. The quantitative estimate of drug-likeness (QED) is 0.744. The first-order valence-corrected chi connectivity index (χ1v) is 6.83. The Labute approximate surface area is 118 Å². The van der Waals surface area contributed by atoms with Gasteiger partial charge in [-0.05, 0) is 35.3 Å². The van der Waals surface area contributed by atoms with Crippen LogP contribution in [0.2, 0.25) is 4.34 Å². The van der Waals surface area contributed by atoms with Crippen LogP contribution in [-0.4, -0.2) is 13.7 Å². The first-order chi connectivity index (χ1) is 9.22. The minimum atomic E-state index is -0.0637. The van der Waals surface area contributed by atoms with Gasteiger partial charge in [0.15, 0.2) is 0 Å². The lowest BCUT2D eigenvalue weighted by atomic mass is 10.2. The molecule has 0 aliphatic heterocycles. The van der Waals surface area contributed by atoms with E-state index in [0.717, 1.165) is 11.3 Å². The van der Waals surface area contributed by atoms with Crippen molar-refractivity contribution in [2.24, 2.45) is 0 Å². The molecule has 0 aliphatic carbocycles. The van der Waals surface area contributed by atoms with E-state index in [1.165, 1.54) is 17.6 Å². The molecule has 0 saturated heterocycles. The summed E-state index contributed by atoms with van der Waals surface area (Å²) in [6, 6.07) is 11.2. The molecule has 6 heteroatoms. The van der Waals surface area contributed by atoms with E-state index in [2.05, 4.69) is 5.10 Å². The summed E-state index contributed by atoms with van der Waals surface area (Å²) in [4.78, 5) is 11.6. The molecular weight excluding hydrogens is 282 g/mol. The Balaban J connectivity index is 1.83. The normalized spacial score (nSPS) is 10.8. The van der Waals surface area contributed by atoms with Crippen molar-refractivity contribution in [1.82, 2.24) is 13.7 Å². The lowest BCUT2D eigenvalue weighted by Gasteiger charge is -2.04. The summed E-state index contributed by atoms with van der Waals surface area (Å²) < 4.78 is 3.93. The highest BCUT2D eigenvalue weighted by atomic mass is 35.5. The second-order valence-corrected chi connectivity index (χ2v) is 5.73.